The maximum Gasteiger partial charge on any atom is 0.0777 e. The van der Waals surface area contributed by atoms with Gasteiger partial charge in [0.1, 0.15) is 0 Å². The summed E-state index contributed by atoms with van der Waals surface area (Å²) >= 11 is 0. The first-order valence-corrected chi connectivity index (χ1v) is 13.1. The monoisotopic (exact) mass is 452 g/mol. The zero-order valence-electron chi connectivity index (χ0n) is 23.6. The van der Waals surface area contributed by atoms with Crippen molar-refractivity contribution in [2.24, 2.45) is 28.6 Å². The molecule has 1 aliphatic rings. The second kappa shape index (κ2) is 10.9. The molecular weight excluding hydrogens is 396 g/mol. The molecule has 0 aliphatic heterocycles. The van der Waals surface area contributed by atoms with Crippen molar-refractivity contribution < 1.29 is 14.6 Å². The molecule has 1 rings (SSSR count). The molecule has 0 aromatic rings. The predicted molar refractivity (Wildman–Crippen MR) is 138 cm³/mol. The van der Waals surface area contributed by atoms with Crippen LogP contribution in [-0.2, 0) is 9.47 Å². The number of aliphatic hydroxyl groups excluding tert-OH is 1. The highest BCUT2D eigenvalue weighted by Gasteiger charge is 2.46. The van der Waals surface area contributed by atoms with Crippen LogP contribution >= 0.6 is 0 Å². The Kier molecular flexibility index (Phi) is 10.1. The van der Waals surface area contributed by atoms with Crippen molar-refractivity contribution in [1.82, 2.24) is 0 Å². The zero-order valence-corrected chi connectivity index (χ0v) is 23.6. The lowest BCUT2D eigenvalue weighted by Gasteiger charge is -2.45. The van der Waals surface area contributed by atoms with E-state index >= 15 is 0 Å². The Labute approximate surface area is 200 Å². The third-order valence-electron chi connectivity index (χ3n) is 7.82. The lowest BCUT2D eigenvalue weighted by Crippen LogP contribution is -2.46. The minimum absolute atomic E-state index is 0.0213. The van der Waals surface area contributed by atoms with Crippen molar-refractivity contribution in [3.8, 4) is 0 Å². The first-order valence-electron chi connectivity index (χ1n) is 13.1. The van der Waals surface area contributed by atoms with Crippen molar-refractivity contribution in [2.75, 3.05) is 6.61 Å². The Balaban J connectivity index is 3.05. The molecular formula is C29H56O3. The van der Waals surface area contributed by atoms with E-state index in [0.717, 1.165) is 31.3 Å². The third-order valence-corrected chi connectivity index (χ3v) is 7.82. The molecule has 0 aromatic heterocycles. The van der Waals surface area contributed by atoms with Crippen LogP contribution in [0.2, 0.25) is 0 Å². The van der Waals surface area contributed by atoms with E-state index in [2.05, 4.69) is 89.7 Å². The standard InChI is InChI=1S/C29H56O3/c1-14-16-24(26(4,5)6)28(10,11)31-19-21-20(3)22(30)18-23(21)32-29(12,13)25(17-15-2)27(7,8)9/h21-25,30H,3,14-19H2,1-2,4-13H3/t21-,22+,23-,24?,25?/m0/s1. The highest BCUT2D eigenvalue weighted by Crippen LogP contribution is 2.45. The van der Waals surface area contributed by atoms with Crippen LogP contribution in [0.1, 0.15) is 115 Å². The molecule has 0 amide bonds. The predicted octanol–water partition coefficient (Wildman–Crippen LogP) is 7.81. The van der Waals surface area contributed by atoms with Gasteiger partial charge in [-0.1, -0.05) is 74.8 Å². The summed E-state index contributed by atoms with van der Waals surface area (Å²) in [6.45, 7) is 32.1. The molecule has 0 radical (unpaired) electrons. The fourth-order valence-corrected chi connectivity index (χ4v) is 6.47. The van der Waals surface area contributed by atoms with Gasteiger partial charge < -0.3 is 14.6 Å². The summed E-state index contributed by atoms with van der Waals surface area (Å²) in [6, 6.07) is 0. The smallest absolute Gasteiger partial charge is 0.0777 e. The molecule has 0 saturated heterocycles. The van der Waals surface area contributed by atoms with Crippen LogP contribution < -0.4 is 0 Å². The summed E-state index contributed by atoms with van der Waals surface area (Å²) in [5.41, 5.74) is 0.656. The van der Waals surface area contributed by atoms with Gasteiger partial charge in [0.15, 0.2) is 0 Å². The van der Waals surface area contributed by atoms with Crippen LogP contribution in [0.4, 0.5) is 0 Å². The Morgan fingerprint density at radius 2 is 1.28 bits per heavy atom. The maximum atomic E-state index is 10.7. The summed E-state index contributed by atoms with van der Waals surface area (Å²) in [5, 5.41) is 10.7. The highest BCUT2D eigenvalue weighted by molar-refractivity contribution is 5.17. The molecule has 1 saturated carbocycles. The number of aliphatic hydroxyl groups is 1. The summed E-state index contributed by atoms with van der Waals surface area (Å²) in [4.78, 5) is 0. The van der Waals surface area contributed by atoms with Gasteiger partial charge in [-0.15, -0.1) is 0 Å². The molecule has 0 bridgehead atoms. The minimum atomic E-state index is -0.513. The van der Waals surface area contributed by atoms with Gasteiger partial charge in [-0.05, 0) is 68.8 Å². The van der Waals surface area contributed by atoms with Crippen LogP contribution in [0.15, 0.2) is 12.2 Å². The third kappa shape index (κ3) is 7.57. The SMILES string of the molecule is C=C1[C@H](O)C[C@H](OC(C)(C)C(CCC)C(C)(C)C)[C@H]1COC(C)(C)C(CCC)C(C)(C)C. The quantitative estimate of drug-likeness (QED) is 0.325. The zero-order chi connectivity index (χ0) is 25.1. The average Bonchev–Trinajstić information content (AvgIpc) is 2.86. The molecule has 2 unspecified atom stereocenters. The molecule has 3 nitrogen and oxygen atoms in total. The van der Waals surface area contributed by atoms with E-state index in [0.29, 0.717) is 24.9 Å². The highest BCUT2D eigenvalue weighted by atomic mass is 16.5. The summed E-state index contributed by atoms with van der Waals surface area (Å²) < 4.78 is 13.5. The van der Waals surface area contributed by atoms with Gasteiger partial charge in [0.2, 0.25) is 0 Å². The molecule has 190 valence electrons. The van der Waals surface area contributed by atoms with Gasteiger partial charge >= 0.3 is 0 Å². The van der Waals surface area contributed by atoms with E-state index in [1.54, 1.807) is 0 Å². The molecule has 3 heteroatoms. The van der Waals surface area contributed by atoms with Crippen molar-refractivity contribution in [1.29, 1.82) is 0 Å². The van der Waals surface area contributed by atoms with Crippen molar-refractivity contribution in [3.63, 3.8) is 0 Å². The van der Waals surface area contributed by atoms with E-state index in [4.69, 9.17) is 9.47 Å². The molecule has 0 heterocycles. The van der Waals surface area contributed by atoms with Gasteiger partial charge in [0.25, 0.3) is 0 Å². The van der Waals surface area contributed by atoms with E-state index < -0.39 is 6.10 Å². The van der Waals surface area contributed by atoms with E-state index in [1.165, 1.54) is 0 Å². The Morgan fingerprint density at radius 3 is 1.69 bits per heavy atom. The number of ether oxygens (including phenoxy) is 2. The van der Waals surface area contributed by atoms with Crippen LogP contribution in [0.25, 0.3) is 0 Å². The second-order valence-corrected chi connectivity index (χ2v) is 13.5. The van der Waals surface area contributed by atoms with Gasteiger partial charge in [-0.25, -0.2) is 0 Å². The lowest BCUT2D eigenvalue weighted by molar-refractivity contribution is -0.159. The molecule has 1 fully saturated rings. The topological polar surface area (TPSA) is 38.7 Å². The maximum absolute atomic E-state index is 10.7. The van der Waals surface area contributed by atoms with Crippen LogP contribution in [-0.4, -0.2) is 35.1 Å². The fraction of sp³-hybridized carbons (Fsp3) is 0.931. The Bertz CT molecular complexity index is 591. The van der Waals surface area contributed by atoms with Crippen LogP contribution in [0.3, 0.4) is 0 Å². The normalized spacial score (nSPS) is 25.3. The average molecular weight is 453 g/mol. The van der Waals surface area contributed by atoms with Gasteiger partial charge in [0, 0.05) is 12.3 Å². The van der Waals surface area contributed by atoms with Crippen LogP contribution in [0.5, 0.6) is 0 Å². The Morgan fingerprint density at radius 1 is 0.844 bits per heavy atom. The van der Waals surface area contributed by atoms with Crippen molar-refractivity contribution in [3.05, 3.63) is 12.2 Å². The number of rotatable bonds is 11. The molecule has 32 heavy (non-hydrogen) atoms. The molecule has 1 N–H and O–H groups in total. The number of hydrogen-bond donors (Lipinski definition) is 1. The molecule has 1 aliphatic carbocycles. The van der Waals surface area contributed by atoms with Crippen molar-refractivity contribution in [2.45, 2.75) is 139 Å². The van der Waals surface area contributed by atoms with Gasteiger partial charge in [-0.3, -0.25) is 0 Å². The summed E-state index contributed by atoms with van der Waals surface area (Å²) in [7, 11) is 0. The largest absolute Gasteiger partial charge is 0.389 e. The summed E-state index contributed by atoms with van der Waals surface area (Å²) in [6.07, 6.45) is 4.59. The van der Waals surface area contributed by atoms with E-state index in [9.17, 15) is 5.11 Å². The van der Waals surface area contributed by atoms with Crippen molar-refractivity contribution >= 4 is 0 Å². The first-order chi connectivity index (χ1) is 14.4. The summed E-state index contributed by atoms with van der Waals surface area (Å²) in [5.74, 6) is 0.900. The minimum Gasteiger partial charge on any atom is -0.389 e. The Hall–Kier alpha value is -0.380. The van der Waals surface area contributed by atoms with Gasteiger partial charge in [-0.2, -0.15) is 0 Å². The fourth-order valence-electron chi connectivity index (χ4n) is 6.47. The molecule has 5 atom stereocenters. The lowest BCUT2D eigenvalue weighted by atomic mass is 9.69. The molecule has 0 aromatic carbocycles. The van der Waals surface area contributed by atoms with Gasteiger partial charge in [0.05, 0.1) is 30.0 Å². The van der Waals surface area contributed by atoms with E-state index in [1.807, 2.05) is 0 Å². The second-order valence-electron chi connectivity index (χ2n) is 13.5. The first kappa shape index (κ1) is 29.7. The molecule has 0 spiro atoms. The van der Waals surface area contributed by atoms with Crippen LogP contribution in [0, 0.1) is 28.6 Å². The number of hydrogen-bond acceptors (Lipinski definition) is 3. The van der Waals surface area contributed by atoms with E-state index in [-0.39, 0.29) is 34.1 Å².